The highest BCUT2D eigenvalue weighted by molar-refractivity contribution is 6.04. The average molecular weight is 286 g/mol. The van der Waals surface area contributed by atoms with Crippen LogP contribution in [0.1, 0.15) is 17.3 Å². The van der Waals surface area contributed by atoms with E-state index in [-0.39, 0.29) is 11.6 Å². The number of hydrogen-bond donors (Lipinski definition) is 2. The number of benzene rings is 1. The van der Waals surface area contributed by atoms with Crippen LogP contribution < -0.4 is 10.6 Å². The average Bonchev–Trinajstić information content (AvgIpc) is 2.49. The fourth-order valence-corrected chi connectivity index (χ4v) is 1.68. The summed E-state index contributed by atoms with van der Waals surface area (Å²) in [5, 5.41) is 16.2. The Hall–Kier alpha value is -2.96. The smallest absolute Gasteiger partial charge is 0.269 e. The quantitative estimate of drug-likeness (QED) is 0.650. The summed E-state index contributed by atoms with van der Waals surface area (Å²) in [4.78, 5) is 26.2. The molecule has 0 bridgehead atoms. The number of rotatable bonds is 5. The maximum atomic E-state index is 12.0. The highest BCUT2D eigenvalue weighted by Crippen LogP contribution is 2.16. The van der Waals surface area contributed by atoms with Crippen LogP contribution in [0.15, 0.2) is 42.6 Å². The summed E-state index contributed by atoms with van der Waals surface area (Å²) in [5.74, 6) is 0.379. The van der Waals surface area contributed by atoms with Crippen molar-refractivity contribution in [3.8, 4) is 0 Å². The summed E-state index contributed by atoms with van der Waals surface area (Å²) in [6, 6.07) is 9.01. The lowest BCUT2D eigenvalue weighted by Crippen LogP contribution is -2.12. The molecule has 0 aliphatic carbocycles. The van der Waals surface area contributed by atoms with Gasteiger partial charge in [0, 0.05) is 30.6 Å². The number of hydrogen-bond acceptors (Lipinski definition) is 5. The van der Waals surface area contributed by atoms with Gasteiger partial charge in [0.05, 0.1) is 10.5 Å². The van der Waals surface area contributed by atoms with Gasteiger partial charge in [-0.25, -0.2) is 4.98 Å². The van der Waals surface area contributed by atoms with Crippen molar-refractivity contribution in [2.45, 2.75) is 6.92 Å². The van der Waals surface area contributed by atoms with E-state index >= 15 is 0 Å². The van der Waals surface area contributed by atoms with Crippen molar-refractivity contribution in [2.75, 3.05) is 17.2 Å². The molecule has 0 aliphatic rings. The van der Waals surface area contributed by atoms with Gasteiger partial charge in [0.2, 0.25) is 0 Å². The Morgan fingerprint density at radius 2 is 1.95 bits per heavy atom. The molecule has 1 aromatic carbocycles. The third kappa shape index (κ3) is 3.75. The van der Waals surface area contributed by atoms with Gasteiger partial charge < -0.3 is 10.6 Å². The first-order valence-corrected chi connectivity index (χ1v) is 6.36. The second kappa shape index (κ2) is 6.47. The lowest BCUT2D eigenvalue weighted by molar-refractivity contribution is -0.384. The number of pyridine rings is 1. The van der Waals surface area contributed by atoms with Crippen molar-refractivity contribution >= 4 is 23.1 Å². The van der Waals surface area contributed by atoms with Crippen molar-refractivity contribution in [1.82, 2.24) is 4.98 Å². The molecule has 0 aliphatic heterocycles. The second-order valence-electron chi connectivity index (χ2n) is 4.22. The van der Waals surface area contributed by atoms with Gasteiger partial charge in [-0.2, -0.15) is 0 Å². The molecule has 0 unspecified atom stereocenters. The van der Waals surface area contributed by atoms with Crippen LogP contribution in [-0.4, -0.2) is 22.4 Å². The Morgan fingerprint density at radius 1 is 1.24 bits per heavy atom. The van der Waals surface area contributed by atoms with Gasteiger partial charge in [0.1, 0.15) is 5.82 Å². The van der Waals surface area contributed by atoms with Gasteiger partial charge in [0.25, 0.3) is 11.6 Å². The number of nitro benzene ring substituents is 1. The van der Waals surface area contributed by atoms with E-state index in [1.165, 1.54) is 30.5 Å². The molecule has 1 heterocycles. The summed E-state index contributed by atoms with van der Waals surface area (Å²) >= 11 is 0. The zero-order chi connectivity index (χ0) is 15.2. The third-order valence-corrected chi connectivity index (χ3v) is 2.72. The Bertz CT molecular complexity index is 638. The number of carbonyl (C=O) groups excluding carboxylic acids is 1. The van der Waals surface area contributed by atoms with E-state index in [1.54, 1.807) is 12.1 Å². The van der Waals surface area contributed by atoms with Gasteiger partial charge in [0.15, 0.2) is 0 Å². The van der Waals surface area contributed by atoms with E-state index in [9.17, 15) is 14.9 Å². The number of nitro groups is 1. The van der Waals surface area contributed by atoms with Gasteiger partial charge in [-0.1, -0.05) is 0 Å². The molecule has 0 atom stereocenters. The molecule has 1 aromatic heterocycles. The zero-order valence-electron chi connectivity index (χ0n) is 11.4. The monoisotopic (exact) mass is 286 g/mol. The number of nitrogens with zero attached hydrogens (tertiary/aromatic N) is 2. The maximum absolute atomic E-state index is 12.0. The lowest BCUT2D eigenvalue weighted by atomic mass is 10.2. The maximum Gasteiger partial charge on any atom is 0.269 e. The van der Waals surface area contributed by atoms with E-state index in [0.717, 1.165) is 6.54 Å². The van der Waals surface area contributed by atoms with Crippen LogP contribution in [-0.2, 0) is 0 Å². The molecular formula is C14H14N4O3. The molecule has 0 saturated carbocycles. The fraction of sp³-hybridized carbons (Fsp3) is 0.143. The molecule has 0 fully saturated rings. The minimum absolute atomic E-state index is 0.0235. The minimum atomic E-state index is -0.491. The van der Waals surface area contributed by atoms with Gasteiger partial charge >= 0.3 is 0 Å². The molecule has 21 heavy (non-hydrogen) atoms. The standard InChI is InChI=1S/C14H14N4O3/c1-2-15-13-8-3-10(9-16-13)14(19)17-11-4-6-12(7-5-11)18(20)21/h3-9H,2H2,1H3,(H,15,16)(H,17,19). The molecule has 7 nitrogen and oxygen atoms in total. The number of amides is 1. The topological polar surface area (TPSA) is 97.2 Å². The molecule has 0 spiro atoms. The Kier molecular flexibility index (Phi) is 4.45. The van der Waals surface area contributed by atoms with Crippen molar-refractivity contribution in [3.05, 3.63) is 58.3 Å². The number of non-ortho nitro benzene ring substituents is 1. The van der Waals surface area contributed by atoms with Gasteiger partial charge in [-0.3, -0.25) is 14.9 Å². The van der Waals surface area contributed by atoms with E-state index < -0.39 is 4.92 Å². The third-order valence-electron chi connectivity index (χ3n) is 2.72. The first-order chi connectivity index (χ1) is 10.1. The Balaban J connectivity index is 2.05. The minimum Gasteiger partial charge on any atom is -0.370 e. The van der Waals surface area contributed by atoms with E-state index in [1.807, 2.05) is 6.92 Å². The number of carbonyl (C=O) groups is 1. The molecule has 2 aromatic rings. The van der Waals surface area contributed by atoms with E-state index in [4.69, 9.17) is 0 Å². The predicted octanol–water partition coefficient (Wildman–Crippen LogP) is 2.67. The Labute approximate surface area is 121 Å². The normalized spacial score (nSPS) is 9.95. The summed E-state index contributed by atoms with van der Waals surface area (Å²) in [5.41, 5.74) is 0.876. The SMILES string of the molecule is CCNc1ccc(C(=O)Nc2ccc([N+](=O)[O-])cc2)cn1. The Morgan fingerprint density at radius 3 is 2.48 bits per heavy atom. The molecule has 2 rings (SSSR count). The lowest BCUT2D eigenvalue weighted by Gasteiger charge is -2.06. The van der Waals surface area contributed by atoms with Crippen LogP contribution in [0.2, 0.25) is 0 Å². The van der Waals surface area contributed by atoms with Crippen LogP contribution in [0.25, 0.3) is 0 Å². The van der Waals surface area contributed by atoms with Crippen molar-refractivity contribution in [3.63, 3.8) is 0 Å². The second-order valence-corrected chi connectivity index (χ2v) is 4.22. The molecule has 108 valence electrons. The summed E-state index contributed by atoms with van der Waals surface area (Å²) in [6.45, 7) is 2.71. The summed E-state index contributed by atoms with van der Waals surface area (Å²) in [6.07, 6.45) is 1.47. The molecule has 1 amide bonds. The molecular weight excluding hydrogens is 272 g/mol. The number of aromatic nitrogens is 1. The highest BCUT2D eigenvalue weighted by atomic mass is 16.6. The van der Waals surface area contributed by atoms with Gasteiger partial charge in [-0.15, -0.1) is 0 Å². The molecule has 0 saturated heterocycles. The summed E-state index contributed by atoms with van der Waals surface area (Å²) in [7, 11) is 0. The fourth-order valence-electron chi connectivity index (χ4n) is 1.68. The van der Waals surface area contributed by atoms with Crippen LogP contribution in [0.3, 0.4) is 0 Å². The van der Waals surface area contributed by atoms with Crippen LogP contribution >= 0.6 is 0 Å². The first kappa shape index (κ1) is 14.4. The predicted molar refractivity (Wildman–Crippen MR) is 79.5 cm³/mol. The van der Waals surface area contributed by atoms with Gasteiger partial charge in [-0.05, 0) is 31.2 Å². The van der Waals surface area contributed by atoms with Crippen LogP contribution in [0, 0.1) is 10.1 Å². The molecule has 7 heteroatoms. The van der Waals surface area contributed by atoms with Crippen molar-refractivity contribution in [2.24, 2.45) is 0 Å². The highest BCUT2D eigenvalue weighted by Gasteiger charge is 2.08. The van der Waals surface area contributed by atoms with E-state index in [2.05, 4.69) is 15.6 Å². The first-order valence-electron chi connectivity index (χ1n) is 6.36. The van der Waals surface area contributed by atoms with Crippen LogP contribution in [0.5, 0.6) is 0 Å². The zero-order valence-corrected chi connectivity index (χ0v) is 11.4. The number of anilines is 2. The van der Waals surface area contributed by atoms with Crippen molar-refractivity contribution in [1.29, 1.82) is 0 Å². The van der Waals surface area contributed by atoms with Crippen LogP contribution in [0.4, 0.5) is 17.2 Å². The largest absolute Gasteiger partial charge is 0.370 e. The summed E-state index contributed by atoms with van der Waals surface area (Å²) < 4.78 is 0. The van der Waals surface area contributed by atoms with Crippen molar-refractivity contribution < 1.29 is 9.72 Å². The molecule has 0 radical (unpaired) electrons. The molecule has 2 N–H and O–H groups in total. The van der Waals surface area contributed by atoms with E-state index in [0.29, 0.717) is 17.1 Å². The number of nitrogens with one attached hydrogen (secondary N) is 2.